The van der Waals surface area contributed by atoms with Gasteiger partial charge >= 0.3 is 0 Å². The largest absolute Gasteiger partial charge is 0.493 e. The Morgan fingerprint density at radius 2 is 1.50 bits per heavy atom. The summed E-state index contributed by atoms with van der Waals surface area (Å²) >= 11 is 12.2. The Kier molecular flexibility index (Phi) is 8.36. The zero-order chi connectivity index (χ0) is 22.9. The highest BCUT2D eigenvalue weighted by Crippen LogP contribution is 2.27. The van der Waals surface area contributed by atoms with E-state index in [0.717, 1.165) is 5.56 Å². The van der Waals surface area contributed by atoms with Crippen LogP contribution in [0.2, 0.25) is 10.0 Å². The Bertz CT molecular complexity index is 1100. The first-order chi connectivity index (χ1) is 15.5. The van der Waals surface area contributed by atoms with Crippen LogP contribution in [-0.4, -0.2) is 25.5 Å². The van der Waals surface area contributed by atoms with E-state index < -0.39 is 0 Å². The number of hydrogen-bond acceptors (Lipinski definition) is 4. The third kappa shape index (κ3) is 6.64. The topological polar surface area (TPSA) is 76.7 Å². The van der Waals surface area contributed by atoms with Gasteiger partial charge in [0, 0.05) is 17.8 Å². The van der Waals surface area contributed by atoms with Gasteiger partial charge in [0.25, 0.3) is 5.91 Å². The second kappa shape index (κ2) is 11.4. The number of anilines is 2. The molecule has 2 N–H and O–H groups in total. The van der Waals surface area contributed by atoms with Crippen molar-refractivity contribution in [1.82, 2.24) is 0 Å². The molecule has 0 heterocycles. The van der Waals surface area contributed by atoms with E-state index >= 15 is 0 Å². The minimum Gasteiger partial charge on any atom is -0.493 e. The van der Waals surface area contributed by atoms with Crippen molar-refractivity contribution in [3.05, 3.63) is 82.3 Å². The summed E-state index contributed by atoms with van der Waals surface area (Å²) in [4.78, 5) is 24.6. The van der Waals surface area contributed by atoms with Gasteiger partial charge in [-0.25, -0.2) is 0 Å². The highest BCUT2D eigenvalue weighted by atomic mass is 35.5. The number of benzene rings is 3. The molecule has 3 aromatic rings. The Hall–Kier alpha value is -3.22. The molecule has 0 saturated heterocycles. The molecule has 6 nitrogen and oxygen atoms in total. The molecule has 0 fully saturated rings. The van der Waals surface area contributed by atoms with Crippen LogP contribution in [0.25, 0.3) is 0 Å². The normalized spacial score (nSPS) is 10.3. The zero-order valence-corrected chi connectivity index (χ0v) is 18.9. The summed E-state index contributed by atoms with van der Waals surface area (Å²) in [6, 6.07) is 19.3. The molecule has 3 rings (SSSR count). The minimum atomic E-state index is -0.338. The van der Waals surface area contributed by atoms with Crippen molar-refractivity contribution in [2.75, 3.05) is 24.4 Å². The maximum atomic E-state index is 12.3. The fourth-order valence-electron chi connectivity index (χ4n) is 2.97. The van der Waals surface area contributed by atoms with Crippen molar-refractivity contribution in [2.24, 2.45) is 0 Å². The van der Waals surface area contributed by atoms with Gasteiger partial charge in [-0.15, -0.1) is 0 Å². The average molecular weight is 473 g/mol. The van der Waals surface area contributed by atoms with E-state index in [-0.39, 0.29) is 24.8 Å². The quantitative estimate of drug-likeness (QED) is 0.425. The molecule has 32 heavy (non-hydrogen) atoms. The number of hydrogen-bond donors (Lipinski definition) is 2. The van der Waals surface area contributed by atoms with Crippen molar-refractivity contribution >= 4 is 46.4 Å². The molecule has 0 radical (unpaired) electrons. The molecule has 0 saturated carbocycles. The number of rotatable bonds is 9. The minimum absolute atomic E-state index is 0.177. The van der Waals surface area contributed by atoms with Crippen LogP contribution in [0.15, 0.2) is 66.7 Å². The fourth-order valence-corrected chi connectivity index (χ4v) is 3.38. The first-order valence-corrected chi connectivity index (χ1v) is 10.6. The molecular formula is C24H22Cl2N2O4. The SMILES string of the molecule is COc1ccccc1OCC(=O)Nc1cccc(NC(=O)CCc2cccc(Cl)c2Cl)c1. The van der Waals surface area contributed by atoms with Gasteiger partial charge in [-0.1, -0.05) is 53.5 Å². The van der Waals surface area contributed by atoms with Crippen LogP contribution in [0.5, 0.6) is 11.5 Å². The van der Waals surface area contributed by atoms with Crippen LogP contribution in [-0.2, 0) is 16.0 Å². The van der Waals surface area contributed by atoms with E-state index in [9.17, 15) is 9.59 Å². The summed E-state index contributed by atoms with van der Waals surface area (Å²) in [5.41, 5.74) is 1.91. The molecule has 0 aliphatic carbocycles. The van der Waals surface area contributed by atoms with Crippen molar-refractivity contribution in [3.63, 3.8) is 0 Å². The van der Waals surface area contributed by atoms with E-state index in [0.29, 0.717) is 39.3 Å². The summed E-state index contributed by atoms with van der Waals surface area (Å²) in [7, 11) is 1.53. The lowest BCUT2D eigenvalue weighted by Gasteiger charge is -2.11. The summed E-state index contributed by atoms with van der Waals surface area (Å²) in [5.74, 6) is 0.508. The van der Waals surface area contributed by atoms with Crippen LogP contribution < -0.4 is 20.1 Å². The number of methoxy groups -OCH3 is 1. The lowest BCUT2D eigenvalue weighted by Crippen LogP contribution is -2.20. The Morgan fingerprint density at radius 1 is 0.844 bits per heavy atom. The van der Waals surface area contributed by atoms with Crippen LogP contribution in [0, 0.1) is 0 Å². The van der Waals surface area contributed by atoms with Crippen LogP contribution >= 0.6 is 23.2 Å². The number of nitrogens with one attached hydrogen (secondary N) is 2. The number of carbonyl (C=O) groups is 2. The second-order valence-corrected chi connectivity index (χ2v) is 7.61. The van der Waals surface area contributed by atoms with E-state index in [1.54, 1.807) is 54.6 Å². The smallest absolute Gasteiger partial charge is 0.262 e. The lowest BCUT2D eigenvalue weighted by molar-refractivity contribution is -0.118. The first-order valence-electron chi connectivity index (χ1n) is 9.84. The Balaban J connectivity index is 1.51. The first kappa shape index (κ1) is 23.4. The molecule has 0 aliphatic heterocycles. The molecule has 2 amide bonds. The Labute approximate surface area is 196 Å². The van der Waals surface area contributed by atoms with E-state index in [2.05, 4.69) is 10.6 Å². The third-order valence-electron chi connectivity index (χ3n) is 4.51. The molecule has 166 valence electrons. The second-order valence-electron chi connectivity index (χ2n) is 6.83. The molecule has 0 unspecified atom stereocenters. The fraction of sp³-hybridized carbons (Fsp3) is 0.167. The summed E-state index contributed by atoms with van der Waals surface area (Å²) < 4.78 is 10.7. The number of para-hydroxylation sites is 2. The number of halogens is 2. The zero-order valence-electron chi connectivity index (χ0n) is 17.4. The summed E-state index contributed by atoms with van der Waals surface area (Å²) in [5, 5.41) is 6.49. The molecule has 0 spiro atoms. The predicted octanol–water partition coefficient (Wildman–Crippen LogP) is 5.59. The van der Waals surface area contributed by atoms with E-state index in [4.69, 9.17) is 32.7 Å². The third-order valence-corrected chi connectivity index (χ3v) is 5.37. The maximum Gasteiger partial charge on any atom is 0.262 e. The lowest BCUT2D eigenvalue weighted by atomic mass is 10.1. The molecule has 0 atom stereocenters. The molecule has 0 bridgehead atoms. The van der Waals surface area contributed by atoms with Gasteiger partial charge in [-0.3, -0.25) is 9.59 Å². The van der Waals surface area contributed by atoms with Gasteiger partial charge in [0.1, 0.15) is 0 Å². The van der Waals surface area contributed by atoms with Crippen LogP contribution in [0.3, 0.4) is 0 Å². The van der Waals surface area contributed by atoms with Crippen molar-refractivity contribution in [3.8, 4) is 11.5 Å². The maximum absolute atomic E-state index is 12.3. The van der Waals surface area contributed by atoms with Gasteiger partial charge in [0.2, 0.25) is 5.91 Å². The van der Waals surface area contributed by atoms with Crippen LogP contribution in [0.1, 0.15) is 12.0 Å². The van der Waals surface area contributed by atoms with Gasteiger partial charge < -0.3 is 20.1 Å². The van der Waals surface area contributed by atoms with Gasteiger partial charge in [0.05, 0.1) is 17.2 Å². The summed E-state index contributed by atoms with van der Waals surface area (Å²) in [6.45, 7) is -0.183. The molecule has 0 aromatic heterocycles. The number of aryl methyl sites for hydroxylation is 1. The average Bonchev–Trinajstić information content (AvgIpc) is 2.79. The van der Waals surface area contributed by atoms with E-state index in [1.165, 1.54) is 7.11 Å². The standard InChI is InChI=1S/C24H22Cl2N2O4/c1-31-20-10-2-3-11-21(20)32-15-23(30)28-18-8-5-7-17(14-18)27-22(29)13-12-16-6-4-9-19(25)24(16)26/h2-11,14H,12-13,15H2,1H3,(H,27,29)(H,28,30). The highest BCUT2D eigenvalue weighted by Gasteiger charge is 2.10. The molecule has 3 aromatic carbocycles. The highest BCUT2D eigenvalue weighted by molar-refractivity contribution is 6.42. The van der Waals surface area contributed by atoms with Crippen molar-refractivity contribution in [2.45, 2.75) is 12.8 Å². The molecular weight excluding hydrogens is 451 g/mol. The number of ether oxygens (including phenoxy) is 2. The molecule has 0 aliphatic rings. The predicted molar refractivity (Wildman–Crippen MR) is 127 cm³/mol. The van der Waals surface area contributed by atoms with Gasteiger partial charge in [0.15, 0.2) is 18.1 Å². The summed E-state index contributed by atoms with van der Waals surface area (Å²) in [6.07, 6.45) is 0.700. The Morgan fingerprint density at radius 3 is 2.22 bits per heavy atom. The van der Waals surface area contributed by atoms with Crippen LogP contribution in [0.4, 0.5) is 11.4 Å². The monoisotopic (exact) mass is 472 g/mol. The number of amides is 2. The van der Waals surface area contributed by atoms with Crippen molar-refractivity contribution in [1.29, 1.82) is 0 Å². The molecule has 8 heteroatoms. The number of carbonyl (C=O) groups excluding carboxylic acids is 2. The van der Waals surface area contributed by atoms with E-state index in [1.807, 2.05) is 12.1 Å². The van der Waals surface area contributed by atoms with Gasteiger partial charge in [-0.05, 0) is 48.4 Å². The van der Waals surface area contributed by atoms with Gasteiger partial charge in [-0.2, -0.15) is 0 Å². The van der Waals surface area contributed by atoms with Crippen molar-refractivity contribution < 1.29 is 19.1 Å².